The molecule has 2 aromatic rings. The Morgan fingerprint density at radius 3 is 2.42 bits per heavy atom. The van der Waals surface area contributed by atoms with Gasteiger partial charge in [0, 0.05) is 17.7 Å². The zero-order chi connectivity index (χ0) is 19.5. The molecule has 26 heavy (non-hydrogen) atoms. The van der Waals surface area contributed by atoms with Gasteiger partial charge < -0.3 is 9.47 Å². The van der Waals surface area contributed by atoms with Crippen molar-refractivity contribution in [1.29, 1.82) is 0 Å². The van der Waals surface area contributed by atoms with Crippen LogP contribution in [0, 0.1) is 10.1 Å². The van der Waals surface area contributed by atoms with Gasteiger partial charge in [-0.1, -0.05) is 11.6 Å². The van der Waals surface area contributed by atoms with Crippen LogP contribution in [0.5, 0.6) is 11.5 Å². The van der Waals surface area contributed by atoms with E-state index in [-0.39, 0.29) is 9.92 Å². The number of hydrogen-bond acceptors (Lipinski definition) is 6. The number of nitrogens with zero attached hydrogens (tertiary/aromatic N) is 1. The van der Waals surface area contributed by atoms with Crippen LogP contribution >= 0.6 is 11.6 Å². The third-order valence-electron chi connectivity index (χ3n) is 3.66. The number of nitro benzene ring substituents is 1. The Kier molecular flexibility index (Phi) is 6.06. The molecule has 0 bridgehead atoms. The zero-order valence-corrected chi connectivity index (χ0v) is 15.8. The molecule has 0 saturated heterocycles. The molecule has 0 unspecified atom stereocenters. The fourth-order valence-corrected chi connectivity index (χ4v) is 3.77. The first-order valence-electron chi connectivity index (χ1n) is 7.37. The van der Waals surface area contributed by atoms with Gasteiger partial charge in [0.15, 0.2) is 0 Å². The lowest BCUT2D eigenvalue weighted by Crippen LogP contribution is -2.27. The normalized spacial score (nSPS) is 12.5. The topological polar surface area (TPSA) is 108 Å². The number of nitro groups is 1. The highest BCUT2D eigenvalue weighted by Crippen LogP contribution is 2.31. The van der Waals surface area contributed by atoms with E-state index in [2.05, 4.69) is 4.72 Å². The summed E-state index contributed by atoms with van der Waals surface area (Å²) in [5.74, 6) is 1.01. The molecule has 0 spiro atoms. The minimum Gasteiger partial charge on any atom is -0.497 e. The Balaban J connectivity index is 2.38. The van der Waals surface area contributed by atoms with Gasteiger partial charge in [0.25, 0.3) is 5.69 Å². The number of hydrogen-bond donors (Lipinski definition) is 1. The number of rotatable bonds is 7. The molecule has 140 valence electrons. The van der Waals surface area contributed by atoms with Gasteiger partial charge in [0.05, 0.1) is 24.0 Å². The lowest BCUT2D eigenvalue weighted by atomic mass is 10.1. The van der Waals surface area contributed by atoms with Gasteiger partial charge in [0.2, 0.25) is 10.0 Å². The highest BCUT2D eigenvalue weighted by molar-refractivity contribution is 7.89. The summed E-state index contributed by atoms with van der Waals surface area (Å²) in [6.45, 7) is 1.62. The lowest BCUT2D eigenvalue weighted by Gasteiger charge is -2.18. The Morgan fingerprint density at radius 2 is 1.85 bits per heavy atom. The average molecular weight is 401 g/mol. The van der Waals surface area contributed by atoms with Crippen molar-refractivity contribution in [3.63, 3.8) is 0 Å². The first-order chi connectivity index (χ1) is 12.2. The van der Waals surface area contributed by atoms with E-state index in [0.29, 0.717) is 17.1 Å². The largest absolute Gasteiger partial charge is 0.497 e. The fourth-order valence-electron chi connectivity index (χ4n) is 2.34. The lowest BCUT2D eigenvalue weighted by molar-refractivity contribution is -0.384. The van der Waals surface area contributed by atoms with Crippen LogP contribution in [-0.4, -0.2) is 27.6 Å². The molecular weight excluding hydrogens is 384 g/mol. The molecule has 0 fully saturated rings. The SMILES string of the molecule is COc1ccc(OC)c([C@H](C)NS(=O)(=O)c2ccc(Cl)c([N+](=O)[O-])c2)c1. The number of nitrogens with one attached hydrogen (secondary N) is 1. The maximum atomic E-state index is 12.6. The first-order valence-corrected chi connectivity index (χ1v) is 9.24. The predicted molar refractivity (Wildman–Crippen MR) is 96.4 cm³/mol. The summed E-state index contributed by atoms with van der Waals surface area (Å²) in [4.78, 5) is 9.97. The Bertz CT molecular complexity index is 932. The number of methoxy groups -OCH3 is 2. The summed E-state index contributed by atoms with van der Waals surface area (Å²) in [6, 6.07) is 7.60. The quantitative estimate of drug-likeness (QED) is 0.564. The number of ether oxygens (including phenoxy) is 2. The minimum atomic E-state index is -4.03. The van der Waals surface area contributed by atoms with Crippen LogP contribution in [0.4, 0.5) is 5.69 Å². The van der Waals surface area contributed by atoms with Crippen LogP contribution in [0.25, 0.3) is 0 Å². The molecule has 10 heteroatoms. The second kappa shape index (κ2) is 7.90. The molecule has 0 aliphatic heterocycles. The highest BCUT2D eigenvalue weighted by Gasteiger charge is 2.24. The molecule has 0 heterocycles. The molecule has 1 atom stereocenters. The van der Waals surface area contributed by atoms with Gasteiger partial charge in [-0.3, -0.25) is 10.1 Å². The Hall–Kier alpha value is -2.36. The molecule has 0 aromatic heterocycles. The van der Waals surface area contributed by atoms with Gasteiger partial charge in [-0.25, -0.2) is 13.1 Å². The van der Waals surface area contributed by atoms with Crippen molar-refractivity contribution in [2.75, 3.05) is 14.2 Å². The second-order valence-corrected chi connectivity index (χ2v) is 7.44. The summed E-state index contributed by atoms with van der Waals surface area (Å²) in [5.41, 5.74) is 0.0695. The molecule has 2 rings (SSSR count). The summed E-state index contributed by atoms with van der Waals surface area (Å²) in [5, 5.41) is 10.8. The molecule has 2 aromatic carbocycles. The fraction of sp³-hybridized carbons (Fsp3) is 0.250. The molecule has 0 aliphatic rings. The third-order valence-corrected chi connectivity index (χ3v) is 5.52. The van der Waals surface area contributed by atoms with Gasteiger partial charge >= 0.3 is 0 Å². The van der Waals surface area contributed by atoms with Crippen LogP contribution in [0.2, 0.25) is 5.02 Å². The molecule has 0 aliphatic carbocycles. The van der Waals surface area contributed by atoms with Crippen LogP contribution in [0.15, 0.2) is 41.3 Å². The van der Waals surface area contributed by atoms with Crippen molar-refractivity contribution >= 4 is 27.3 Å². The zero-order valence-electron chi connectivity index (χ0n) is 14.2. The van der Waals surface area contributed by atoms with Gasteiger partial charge in [-0.05, 0) is 37.3 Å². The Morgan fingerprint density at radius 1 is 1.15 bits per heavy atom. The van der Waals surface area contributed by atoms with E-state index >= 15 is 0 Å². The van der Waals surface area contributed by atoms with Crippen molar-refractivity contribution in [3.8, 4) is 11.5 Å². The van der Waals surface area contributed by atoms with E-state index in [9.17, 15) is 18.5 Å². The maximum absolute atomic E-state index is 12.6. The van der Waals surface area contributed by atoms with E-state index < -0.39 is 26.7 Å². The first kappa shape index (κ1) is 20.0. The summed E-state index contributed by atoms with van der Waals surface area (Å²) < 4.78 is 38.1. The van der Waals surface area contributed by atoms with Crippen LogP contribution < -0.4 is 14.2 Å². The second-order valence-electron chi connectivity index (χ2n) is 5.32. The highest BCUT2D eigenvalue weighted by atomic mass is 35.5. The van der Waals surface area contributed by atoms with Crippen molar-refractivity contribution < 1.29 is 22.8 Å². The third kappa shape index (κ3) is 4.24. The minimum absolute atomic E-state index is 0.142. The standard InChI is InChI=1S/C16H17ClN2O6S/c1-10(13-8-11(24-2)4-7-16(13)25-3)18-26(22,23)12-5-6-14(17)15(9-12)19(20)21/h4-10,18H,1-3H3/t10-/m0/s1. The smallest absolute Gasteiger partial charge is 0.289 e. The molecule has 8 nitrogen and oxygen atoms in total. The van der Waals surface area contributed by atoms with Crippen molar-refractivity contribution in [2.24, 2.45) is 0 Å². The van der Waals surface area contributed by atoms with Crippen molar-refractivity contribution in [1.82, 2.24) is 4.72 Å². The number of benzene rings is 2. The predicted octanol–water partition coefficient (Wildman–Crippen LogP) is 3.30. The molecule has 0 amide bonds. The molecule has 0 saturated carbocycles. The van der Waals surface area contributed by atoms with Gasteiger partial charge in [-0.15, -0.1) is 0 Å². The Labute approximate surface area is 155 Å². The van der Waals surface area contributed by atoms with Crippen LogP contribution in [0.3, 0.4) is 0 Å². The monoisotopic (exact) mass is 400 g/mol. The van der Waals surface area contributed by atoms with Crippen LogP contribution in [0.1, 0.15) is 18.5 Å². The molecule has 0 radical (unpaired) electrons. The number of sulfonamides is 1. The van der Waals surface area contributed by atoms with E-state index in [4.69, 9.17) is 21.1 Å². The average Bonchev–Trinajstić information content (AvgIpc) is 2.60. The van der Waals surface area contributed by atoms with E-state index in [1.165, 1.54) is 26.4 Å². The van der Waals surface area contributed by atoms with Crippen molar-refractivity contribution in [3.05, 3.63) is 57.1 Å². The summed E-state index contributed by atoms with van der Waals surface area (Å²) in [6.07, 6.45) is 0. The van der Waals surface area contributed by atoms with Crippen LogP contribution in [-0.2, 0) is 10.0 Å². The van der Waals surface area contributed by atoms with Gasteiger partial charge in [0.1, 0.15) is 16.5 Å². The summed E-state index contributed by atoms with van der Waals surface area (Å²) >= 11 is 5.73. The van der Waals surface area contributed by atoms with E-state index in [0.717, 1.165) is 6.07 Å². The maximum Gasteiger partial charge on any atom is 0.289 e. The summed E-state index contributed by atoms with van der Waals surface area (Å²) in [7, 11) is -1.07. The molecule has 1 N–H and O–H groups in total. The van der Waals surface area contributed by atoms with Gasteiger partial charge in [-0.2, -0.15) is 0 Å². The van der Waals surface area contributed by atoms with Crippen molar-refractivity contribution in [2.45, 2.75) is 17.9 Å². The van der Waals surface area contributed by atoms with E-state index in [1.807, 2.05) is 0 Å². The number of halogens is 1. The molecular formula is C16H17ClN2O6S. The van der Waals surface area contributed by atoms with E-state index in [1.54, 1.807) is 25.1 Å².